The van der Waals surface area contributed by atoms with Gasteiger partial charge in [0, 0.05) is 10.4 Å². The summed E-state index contributed by atoms with van der Waals surface area (Å²) >= 11 is 0. The number of hydrogen-bond acceptors (Lipinski definition) is 2. The second-order valence-corrected chi connectivity index (χ2v) is 25.6. The Labute approximate surface area is 324 Å². The second kappa shape index (κ2) is 16.1. The SMILES string of the molecule is CC(C)(C)[Si](C(=C=C=C(C(O)c1ccccc1)[Si](c1ccccc1)(c1ccccc1)C(C)(C)C)C(O)c1ccccc1)(c1ccccc1)c1ccccc1. The van der Waals surface area contributed by atoms with Gasteiger partial charge in [-0.05, 0) is 42.0 Å². The third-order valence-corrected chi connectivity index (χ3v) is 22.7. The summed E-state index contributed by atoms with van der Waals surface area (Å²) in [7, 11) is -6.31. The Morgan fingerprint density at radius 2 is 0.574 bits per heavy atom. The quantitative estimate of drug-likeness (QED) is 0.109. The van der Waals surface area contributed by atoms with Crippen molar-refractivity contribution in [2.45, 2.75) is 63.8 Å². The predicted molar refractivity (Wildman–Crippen MR) is 232 cm³/mol. The zero-order valence-corrected chi connectivity index (χ0v) is 34.4. The zero-order chi connectivity index (χ0) is 38.4. The van der Waals surface area contributed by atoms with Gasteiger partial charge in [-0.15, -0.1) is 0 Å². The fourth-order valence-electron chi connectivity index (χ4n) is 8.72. The van der Waals surface area contributed by atoms with E-state index < -0.39 is 28.4 Å². The monoisotopic (exact) mass is 740 g/mol. The van der Waals surface area contributed by atoms with Crippen molar-refractivity contribution in [3.05, 3.63) is 215 Å². The van der Waals surface area contributed by atoms with Gasteiger partial charge in [-0.1, -0.05) is 235 Å². The maximum Gasteiger partial charge on any atom is 0.162 e. The molecule has 54 heavy (non-hydrogen) atoms. The van der Waals surface area contributed by atoms with E-state index in [4.69, 9.17) is 0 Å². The molecule has 0 fully saturated rings. The van der Waals surface area contributed by atoms with Crippen molar-refractivity contribution >= 4 is 36.9 Å². The first-order valence-electron chi connectivity index (χ1n) is 18.9. The normalized spacial score (nSPS) is 13.3. The van der Waals surface area contributed by atoms with E-state index in [9.17, 15) is 10.2 Å². The van der Waals surface area contributed by atoms with Gasteiger partial charge in [0.15, 0.2) is 16.1 Å². The Bertz CT molecular complexity index is 1970. The van der Waals surface area contributed by atoms with Gasteiger partial charge in [-0.3, -0.25) is 0 Å². The van der Waals surface area contributed by atoms with Gasteiger partial charge < -0.3 is 10.2 Å². The summed E-state index contributed by atoms with van der Waals surface area (Å²) in [6, 6.07) is 62.6. The molecule has 4 heteroatoms. The highest BCUT2D eigenvalue weighted by atomic mass is 28.3. The third kappa shape index (κ3) is 7.13. The molecule has 0 radical (unpaired) electrons. The molecule has 0 saturated carbocycles. The summed E-state index contributed by atoms with van der Waals surface area (Å²) in [5.41, 5.74) is 9.29. The first-order valence-corrected chi connectivity index (χ1v) is 22.9. The molecule has 0 spiro atoms. The average Bonchev–Trinajstić information content (AvgIpc) is 3.19. The molecule has 2 N–H and O–H groups in total. The highest BCUT2D eigenvalue weighted by Gasteiger charge is 2.54. The van der Waals surface area contributed by atoms with Crippen molar-refractivity contribution in [2.75, 3.05) is 0 Å². The van der Waals surface area contributed by atoms with E-state index in [0.29, 0.717) is 0 Å². The van der Waals surface area contributed by atoms with Crippen LogP contribution in [0.2, 0.25) is 10.1 Å². The molecule has 272 valence electrons. The van der Waals surface area contributed by atoms with Gasteiger partial charge in [0.2, 0.25) is 0 Å². The second-order valence-electron chi connectivity index (χ2n) is 16.2. The van der Waals surface area contributed by atoms with E-state index in [0.717, 1.165) is 21.5 Å². The Kier molecular flexibility index (Phi) is 11.6. The maximum atomic E-state index is 12.9. The van der Waals surface area contributed by atoms with Crippen molar-refractivity contribution in [3.63, 3.8) is 0 Å². The van der Waals surface area contributed by atoms with E-state index >= 15 is 0 Å². The van der Waals surface area contributed by atoms with Crippen molar-refractivity contribution in [2.24, 2.45) is 0 Å². The molecule has 6 aromatic carbocycles. The molecular weight excluding hydrogens is 689 g/mol. The van der Waals surface area contributed by atoms with Crippen molar-refractivity contribution < 1.29 is 10.2 Å². The predicted octanol–water partition coefficient (Wildman–Crippen LogP) is 9.27. The smallest absolute Gasteiger partial charge is 0.162 e. The molecule has 0 amide bonds. The Morgan fingerprint density at radius 1 is 0.370 bits per heavy atom. The van der Waals surface area contributed by atoms with Gasteiger partial charge in [0.25, 0.3) is 0 Å². The van der Waals surface area contributed by atoms with Crippen LogP contribution in [0.25, 0.3) is 0 Å². The minimum absolute atomic E-state index is 0.328. The summed E-state index contributed by atoms with van der Waals surface area (Å²) in [6.45, 7) is 13.8. The number of rotatable bonds is 10. The van der Waals surface area contributed by atoms with Gasteiger partial charge >= 0.3 is 0 Å². The molecule has 6 aromatic rings. The summed E-state index contributed by atoms with van der Waals surface area (Å²) in [4.78, 5) is 0. The molecule has 2 atom stereocenters. The zero-order valence-electron chi connectivity index (χ0n) is 32.4. The molecule has 0 aliphatic carbocycles. The largest absolute Gasteiger partial charge is 0.384 e. The number of aliphatic hydroxyl groups is 2. The maximum absolute atomic E-state index is 12.9. The summed E-state index contributed by atoms with van der Waals surface area (Å²) in [5.74, 6) is 0. The van der Waals surface area contributed by atoms with Crippen LogP contribution in [0, 0.1) is 0 Å². The third-order valence-electron chi connectivity index (χ3n) is 11.0. The molecule has 0 bridgehead atoms. The van der Waals surface area contributed by atoms with Gasteiger partial charge in [-0.2, -0.15) is 0 Å². The fraction of sp³-hybridized carbons (Fsp3) is 0.200. The standard InChI is InChI=1S/C50H52O2Si2/c1-49(2,3)53(41-29-17-9-18-30-41,42-31-19-10-20-32-42)45(47(51)39-25-13-7-14-26-39)37-38-46(48(52)40-27-15-8-16-28-40)54(50(4,5)6,43-33-21-11-22-34-43)44-35-23-12-24-36-44/h7-36,47-48,51-52H,1-6H3. The van der Waals surface area contributed by atoms with Crippen LogP contribution in [0.15, 0.2) is 204 Å². The first-order chi connectivity index (χ1) is 25.9. The number of aliphatic hydroxyl groups excluding tert-OH is 2. The highest BCUT2D eigenvalue weighted by molar-refractivity contribution is 7.10. The van der Waals surface area contributed by atoms with Crippen LogP contribution in [0.3, 0.4) is 0 Å². The minimum atomic E-state index is -3.16. The molecule has 0 aliphatic rings. The van der Waals surface area contributed by atoms with Crippen LogP contribution in [-0.4, -0.2) is 26.4 Å². The van der Waals surface area contributed by atoms with E-state index in [1.807, 2.05) is 60.7 Å². The van der Waals surface area contributed by atoms with Crippen LogP contribution in [0.1, 0.15) is 64.9 Å². The lowest BCUT2D eigenvalue weighted by molar-refractivity contribution is 0.221. The lowest BCUT2D eigenvalue weighted by Crippen LogP contribution is -2.67. The van der Waals surface area contributed by atoms with Crippen LogP contribution >= 0.6 is 0 Å². The van der Waals surface area contributed by atoms with Gasteiger partial charge in [0.05, 0.1) is 0 Å². The van der Waals surface area contributed by atoms with Crippen LogP contribution in [-0.2, 0) is 0 Å². The Hall–Kier alpha value is -5.03. The molecule has 2 unspecified atom stereocenters. The molecule has 6 rings (SSSR count). The van der Waals surface area contributed by atoms with Crippen molar-refractivity contribution in [1.29, 1.82) is 0 Å². The first kappa shape index (κ1) is 38.7. The molecule has 0 saturated heterocycles. The lowest BCUT2D eigenvalue weighted by atomic mass is 10.1. The minimum Gasteiger partial charge on any atom is -0.384 e. The van der Waals surface area contributed by atoms with Crippen molar-refractivity contribution in [1.82, 2.24) is 0 Å². The average molecular weight is 741 g/mol. The summed E-state index contributed by atoms with van der Waals surface area (Å²) in [5, 5.41) is 31.5. The highest BCUT2D eigenvalue weighted by Crippen LogP contribution is 2.46. The topological polar surface area (TPSA) is 40.5 Å². The molecule has 2 nitrogen and oxygen atoms in total. The van der Waals surface area contributed by atoms with E-state index in [2.05, 4.69) is 174 Å². The Balaban J connectivity index is 1.92. The van der Waals surface area contributed by atoms with E-state index in [-0.39, 0.29) is 10.1 Å². The van der Waals surface area contributed by atoms with Crippen molar-refractivity contribution in [3.8, 4) is 0 Å². The fourth-order valence-corrected chi connectivity index (χ4v) is 20.1. The number of benzene rings is 6. The number of hydrogen-bond donors (Lipinski definition) is 2. The van der Waals surface area contributed by atoms with Gasteiger partial charge in [0.1, 0.15) is 12.2 Å². The van der Waals surface area contributed by atoms with Crippen LogP contribution < -0.4 is 20.7 Å². The molecular formula is C50H52O2Si2. The summed E-state index contributed by atoms with van der Waals surface area (Å²) in [6.07, 6.45) is -1.97. The Morgan fingerprint density at radius 3 is 0.778 bits per heavy atom. The molecule has 0 aromatic heterocycles. The summed E-state index contributed by atoms with van der Waals surface area (Å²) < 4.78 is 0. The van der Waals surface area contributed by atoms with Crippen LogP contribution in [0.5, 0.6) is 0 Å². The molecule has 0 heterocycles. The molecule has 0 aliphatic heterocycles. The lowest BCUT2D eigenvalue weighted by Gasteiger charge is -2.46. The van der Waals surface area contributed by atoms with E-state index in [1.54, 1.807) is 0 Å². The van der Waals surface area contributed by atoms with E-state index in [1.165, 1.54) is 20.7 Å². The van der Waals surface area contributed by atoms with Gasteiger partial charge in [-0.25, -0.2) is 0 Å². The van der Waals surface area contributed by atoms with Crippen LogP contribution in [0.4, 0.5) is 0 Å².